The van der Waals surface area contributed by atoms with Crippen molar-refractivity contribution in [3.8, 4) is 5.75 Å². The number of amides is 2. The molecular weight excluding hydrogens is 469 g/mol. The molecule has 2 amide bonds. The molecule has 0 aliphatic carbocycles. The molecule has 1 aromatic heterocycles. The number of aliphatic carboxylic acids is 1. The molecule has 0 saturated heterocycles. The normalized spacial score (nSPS) is 11.9. The highest BCUT2D eigenvalue weighted by molar-refractivity contribution is 5.85. The van der Waals surface area contributed by atoms with Gasteiger partial charge >= 0.3 is 12.3 Å². The van der Waals surface area contributed by atoms with Crippen molar-refractivity contribution in [3.63, 3.8) is 0 Å². The fourth-order valence-corrected chi connectivity index (χ4v) is 3.13. The Morgan fingerprint density at radius 2 is 1.89 bits per heavy atom. The molecule has 0 saturated carbocycles. The van der Waals surface area contributed by atoms with Crippen LogP contribution in [0, 0.1) is 6.92 Å². The van der Waals surface area contributed by atoms with Crippen molar-refractivity contribution in [3.05, 3.63) is 53.7 Å². The molecule has 0 radical (unpaired) electrons. The van der Waals surface area contributed by atoms with Crippen molar-refractivity contribution in [2.45, 2.75) is 45.0 Å². The Morgan fingerprint density at radius 1 is 1.11 bits per heavy atom. The molecule has 0 bridgehead atoms. The second-order valence-corrected chi connectivity index (χ2v) is 7.72. The standard InChI is InChI=1S/C23H27F3N4O5/c1-15-8-10-28-19(11-15)27-9-3-2-7-20(31)29-14-21(32)30-18(13-22(33)34)16-5-4-6-17(12-16)35-23(24,25)26/h4-6,8,10-12,18H,2-3,7,9,13-14H2,1H3,(H,27,28)(H,29,31)(H,30,32)(H,33,34). The van der Waals surface area contributed by atoms with Crippen LogP contribution in [0.3, 0.4) is 0 Å². The Bertz CT molecular complexity index is 1020. The van der Waals surface area contributed by atoms with Crippen molar-refractivity contribution in [2.75, 3.05) is 18.4 Å². The highest BCUT2D eigenvalue weighted by Crippen LogP contribution is 2.26. The number of nitrogens with one attached hydrogen (secondary N) is 3. The molecule has 35 heavy (non-hydrogen) atoms. The number of carboxylic acids is 1. The number of carbonyl (C=O) groups is 3. The summed E-state index contributed by atoms with van der Waals surface area (Å²) in [7, 11) is 0. The van der Waals surface area contributed by atoms with Crippen LogP contribution >= 0.6 is 0 Å². The largest absolute Gasteiger partial charge is 0.573 e. The van der Waals surface area contributed by atoms with Crippen LogP contribution in [-0.4, -0.2) is 47.3 Å². The molecule has 4 N–H and O–H groups in total. The van der Waals surface area contributed by atoms with E-state index in [1.54, 1.807) is 6.20 Å². The lowest BCUT2D eigenvalue weighted by Crippen LogP contribution is -2.39. The first-order valence-corrected chi connectivity index (χ1v) is 10.8. The lowest BCUT2D eigenvalue weighted by atomic mass is 10.0. The van der Waals surface area contributed by atoms with Crippen LogP contribution in [0.25, 0.3) is 0 Å². The zero-order valence-electron chi connectivity index (χ0n) is 19.0. The molecule has 12 heteroatoms. The molecule has 2 aromatic rings. The third-order valence-electron chi connectivity index (χ3n) is 4.71. The van der Waals surface area contributed by atoms with Crippen molar-refractivity contribution in [2.24, 2.45) is 0 Å². The molecule has 0 fully saturated rings. The third-order valence-corrected chi connectivity index (χ3v) is 4.71. The minimum Gasteiger partial charge on any atom is -0.481 e. The highest BCUT2D eigenvalue weighted by Gasteiger charge is 2.31. The van der Waals surface area contributed by atoms with Gasteiger partial charge in [-0.1, -0.05) is 12.1 Å². The number of aromatic nitrogens is 1. The van der Waals surface area contributed by atoms with Gasteiger partial charge in [-0.2, -0.15) is 0 Å². The van der Waals surface area contributed by atoms with E-state index in [4.69, 9.17) is 5.11 Å². The number of halogens is 3. The van der Waals surface area contributed by atoms with Crippen molar-refractivity contribution < 1.29 is 37.4 Å². The monoisotopic (exact) mass is 496 g/mol. The number of carbonyl (C=O) groups excluding carboxylic acids is 2. The number of hydrogen-bond donors (Lipinski definition) is 4. The minimum atomic E-state index is -4.91. The molecule has 1 atom stereocenters. The van der Waals surface area contributed by atoms with Gasteiger partial charge in [-0.05, 0) is 55.2 Å². The van der Waals surface area contributed by atoms with Crippen LogP contribution < -0.4 is 20.7 Å². The summed E-state index contributed by atoms with van der Waals surface area (Å²) in [5, 5.41) is 17.1. The molecule has 9 nitrogen and oxygen atoms in total. The molecule has 0 spiro atoms. The number of benzene rings is 1. The highest BCUT2D eigenvalue weighted by atomic mass is 19.4. The van der Waals surface area contributed by atoms with Gasteiger partial charge in [0, 0.05) is 19.2 Å². The molecule has 2 rings (SSSR count). The van der Waals surface area contributed by atoms with Gasteiger partial charge in [-0.25, -0.2) is 4.98 Å². The number of ether oxygens (including phenoxy) is 1. The Morgan fingerprint density at radius 3 is 2.57 bits per heavy atom. The number of aryl methyl sites for hydroxylation is 1. The minimum absolute atomic E-state index is 0.115. The molecule has 1 heterocycles. The first kappa shape index (κ1) is 27.4. The topological polar surface area (TPSA) is 130 Å². The van der Waals surface area contributed by atoms with Gasteiger partial charge in [0.1, 0.15) is 11.6 Å². The number of unbranched alkanes of at least 4 members (excludes halogenated alkanes) is 1. The maximum atomic E-state index is 12.5. The molecule has 1 aromatic carbocycles. The van der Waals surface area contributed by atoms with Crippen LogP contribution in [0.4, 0.5) is 19.0 Å². The van der Waals surface area contributed by atoms with Gasteiger partial charge in [-0.15, -0.1) is 13.2 Å². The Balaban J connectivity index is 1.77. The lowest BCUT2D eigenvalue weighted by Gasteiger charge is -2.19. The summed E-state index contributed by atoms with van der Waals surface area (Å²) in [5.74, 6) is -2.10. The average molecular weight is 496 g/mol. The van der Waals surface area contributed by atoms with Gasteiger partial charge in [-0.3, -0.25) is 14.4 Å². The first-order valence-electron chi connectivity index (χ1n) is 10.8. The predicted octanol–water partition coefficient (Wildman–Crippen LogP) is 3.32. The zero-order valence-corrected chi connectivity index (χ0v) is 19.0. The summed E-state index contributed by atoms with van der Waals surface area (Å²) in [6, 6.07) is 7.36. The van der Waals surface area contributed by atoms with Crippen LogP contribution in [0.2, 0.25) is 0 Å². The van der Waals surface area contributed by atoms with Gasteiger partial charge in [0.2, 0.25) is 11.8 Å². The summed E-state index contributed by atoms with van der Waals surface area (Å²) in [5.41, 5.74) is 1.19. The number of rotatable bonds is 13. The molecule has 0 aliphatic rings. The molecule has 0 aliphatic heterocycles. The van der Waals surface area contributed by atoms with E-state index in [0.717, 1.165) is 23.5 Å². The van der Waals surface area contributed by atoms with E-state index in [0.29, 0.717) is 19.4 Å². The summed E-state index contributed by atoms with van der Waals surface area (Å²) in [6.07, 6.45) is -2.33. The SMILES string of the molecule is Cc1ccnc(NCCCCC(=O)NCC(=O)NC(CC(=O)O)c2cccc(OC(F)(F)F)c2)c1. The molecular formula is C23H27F3N4O5. The third kappa shape index (κ3) is 11.2. The van der Waals surface area contributed by atoms with Crippen molar-refractivity contribution in [1.82, 2.24) is 15.6 Å². The van der Waals surface area contributed by atoms with Crippen LogP contribution in [0.15, 0.2) is 42.6 Å². The number of nitrogens with zero attached hydrogens (tertiary/aromatic N) is 1. The number of hydrogen-bond acceptors (Lipinski definition) is 6. The van der Waals surface area contributed by atoms with E-state index in [2.05, 4.69) is 25.7 Å². The summed E-state index contributed by atoms with van der Waals surface area (Å²) >= 11 is 0. The van der Waals surface area contributed by atoms with E-state index >= 15 is 0 Å². The lowest BCUT2D eigenvalue weighted by molar-refractivity contribution is -0.274. The van der Waals surface area contributed by atoms with E-state index in [1.807, 2.05) is 19.1 Å². The molecule has 1 unspecified atom stereocenters. The summed E-state index contributed by atoms with van der Waals surface area (Å²) in [4.78, 5) is 39.6. The van der Waals surface area contributed by atoms with E-state index < -0.39 is 43.0 Å². The van der Waals surface area contributed by atoms with Crippen LogP contribution in [0.1, 0.15) is 42.9 Å². The first-order chi connectivity index (χ1) is 16.5. The van der Waals surface area contributed by atoms with Gasteiger partial charge in [0.05, 0.1) is 19.0 Å². The second-order valence-electron chi connectivity index (χ2n) is 7.72. The Labute approximate surface area is 200 Å². The van der Waals surface area contributed by atoms with Gasteiger partial charge < -0.3 is 25.8 Å². The summed E-state index contributed by atoms with van der Waals surface area (Å²) < 4.78 is 41.2. The van der Waals surface area contributed by atoms with E-state index in [1.165, 1.54) is 12.1 Å². The second kappa shape index (κ2) is 13.2. The fraction of sp³-hybridized carbons (Fsp3) is 0.391. The van der Waals surface area contributed by atoms with E-state index in [-0.39, 0.29) is 17.9 Å². The number of alkyl halides is 3. The number of carboxylic acid groups (broad SMARTS) is 1. The Hall–Kier alpha value is -3.83. The zero-order chi connectivity index (χ0) is 25.8. The quantitative estimate of drug-likeness (QED) is 0.313. The van der Waals surface area contributed by atoms with E-state index in [9.17, 15) is 27.6 Å². The van der Waals surface area contributed by atoms with Gasteiger partial charge in [0.25, 0.3) is 0 Å². The van der Waals surface area contributed by atoms with Gasteiger partial charge in [0.15, 0.2) is 0 Å². The van der Waals surface area contributed by atoms with Crippen molar-refractivity contribution in [1.29, 1.82) is 0 Å². The van der Waals surface area contributed by atoms with Crippen molar-refractivity contribution >= 4 is 23.6 Å². The average Bonchev–Trinajstić information content (AvgIpc) is 2.76. The molecule has 190 valence electrons. The maximum Gasteiger partial charge on any atom is 0.573 e. The predicted molar refractivity (Wildman–Crippen MR) is 121 cm³/mol. The summed E-state index contributed by atoms with van der Waals surface area (Å²) in [6.45, 7) is 2.17. The van der Waals surface area contributed by atoms with Crippen LogP contribution in [-0.2, 0) is 14.4 Å². The smallest absolute Gasteiger partial charge is 0.481 e. The van der Waals surface area contributed by atoms with Crippen LogP contribution in [0.5, 0.6) is 5.75 Å². The maximum absolute atomic E-state index is 12.5. The number of pyridine rings is 1. The number of anilines is 1. The fourth-order valence-electron chi connectivity index (χ4n) is 3.13. The Kier molecular flexibility index (Phi) is 10.3.